The van der Waals surface area contributed by atoms with Gasteiger partial charge in [-0.2, -0.15) is 5.10 Å². The molecule has 0 aliphatic carbocycles. The Hall–Kier alpha value is -2.31. The maximum atomic E-state index is 12.1. The number of hydrogen-bond donors (Lipinski definition) is 1. The van der Waals surface area contributed by atoms with Crippen molar-refractivity contribution in [3.8, 4) is 5.75 Å². The summed E-state index contributed by atoms with van der Waals surface area (Å²) in [6.07, 6.45) is 2.18. The lowest BCUT2D eigenvalue weighted by Crippen LogP contribution is -2.26. The lowest BCUT2D eigenvalue weighted by atomic mass is 10.1. The van der Waals surface area contributed by atoms with Crippen molar-refractivity contribution in [1.82, 2.24) is 5.32 Å². The van der Waals surface area contributed by atoms with Gasteiger partial charge in [-0.05, 0) is 47.9 Å². The van der Waals surface area contributed by atoms with Crippen LogP contribution in [0.25, 0.3) is 0 Å². The summed E-state index contributed by atoms with van der Waals surface area (Å²) in [6.45, 7) is 0. The van der Waals surface area contributed by atoms with E-state index in [2.05, 4.69) is 15.5 Å². The van der Waals surface area contributed by atoms with Gasteiger partial charge in [0.15, 0.2) is 5.17 Å². The van der Waals surface area contributed by atoms with E-state index in [4.69, 9.17) is 16.3 Å². The van der Waals surface area contributed by atoms with Crippen LogP contribution >= 0.6 is 23.4 Å². The number of thioether (sulfide) groups is 1. The molecule has 0 unspecified atom stereocenters. The molecule has 1 saturated heterocycles. The molecule has 7 heteroatoms. The first-order valence-corrected chi connectivity index (χ1v) is 8.87. The van der Waals surface area contributed by atoms with Crippen molar-refractivity contribution in [2.75, 3.05) is 7.11 Å². The smallest absolute Gasteiger partial charge is 0.239 e. The number of rotatable bonds is 5. The second-order valence-electron chi connectivity index (χ2n) is 5.31. The third-order valence-corrected chi connectivity index (χ3v) is 5.05. The topological polar surface area (TPSA) is 63.1 Å². The quantitative estimate of drug-likeness (QED) is 0.644. The zero-order valence-electron chi connectivity index (χ0n) is 13.5. The fraction of sp³-hybridized carbons (Fsp3) is 0.167. The minimum Gasteiger partial charge on any atom is -0.497 e. The Kier molecular flexibility index (Phi) is 5.73. The zero-order chi connectivity index (χ0) is 17.6. The largest absolute Gasteiger partial charge is 0.497 e. The number of carbonyl (C=O) groups excluding carboxylic acids is 1. The number of carbonyl (C=O) groups is 1. The van der Waals surface area contributed by atoms with Crippen LogP contribution in [0.3, 0.4) is 0 Å². The van der Waals surface area contributed by atoms with E-state index in [1.54, 1.807) is 13.3 Å². The van der Waals surface area contributed by atoms with E-state index < -0.39 is 0 Å². The van der Waals surface area contributed by atoms with E-state index in [0.29, 0.717) is 16.6 Å². The van der Waals surface area contributed by atoms with Gasteiger partial charge in [0.25, 0.3) is 0 Å². The third kappa shape index (κ3) is 4.61. The minimum absolute atomic E-state index is 0.0803. The Morgan fingerprint density at radius 3 is 2.72 bits per heavy atom. The van der Waals surface area contributed by atoms with Crippen LogP contribution in [0.15, 0.2) is 58.7 Å². The first-order valence-electron chi connectivity index (χ1n) is 7.61. The summed E-state index contributed by atoms with van der Waals surface area (Å²) in [5.41, 5.74) is 1.84. The molecule has 128 valence electrons. The molecular weight excluding hydrogens is 358 g/mol. The van der Waals surface area contributed by atoms with Gasteiger partial charge in [-0.1, -0.05) is 41.6 Å². The molecule has 0 spiro atoms. The lowest BCUT2D eigenvalue weighted by Gasteiger charge is -2.06. The van der Waals surface area contributed by atoms with Crippen molar-refractivity contribution in [2.45, 2.75) is 11.7 Å². The Labute approximate surface area is 155 Å². The maximum absolute atomic E-state index is 12.1. The monoisotopic (exact) mass is 373 g/mol. The maximum Gasteiger partial charge on any atom is 0.239 e. The molecule has 5 nitrogen and oxygen atoms in total. The van der Waals surface area contributed by atoms with Crippen LogP contribution in [0, 0.1) is 0 Å². The number of nitrogens with zero attached hydrogens (tertiary/aromatic N) is 2. The van der Waals surface area contributed by atoms with Crippen LogP contribution in [0.2, 0.25) is 5.02 Å². The van der Waals surface area contributed by atoms with Crippen LogP contribution in [0.4, 0.5) is 0 Å². The highest BCUT2D eigenvalue weighted by Crippen LogP contribution is 2.26. The third-order valence-electron chi connectivity index (χ3n) is 3.61. The van der Waals surface area contributed by atoms with Crippen molar-refractivity contribution in [3.63, 3.8) is 0 Å². The van der Waals surface area contributed by atoms with Crippen LogP contribution in [0.5, 0.6) is 5.75 Å². The van der Waals surface area contributed by atoms with Crippen molar-refractivity contribution >= 4 is 40.7 Å². The van der Waals surface area contributed by atoms with Crippen molar-refractivity contribution in [2.24, 2.45) is 10.2 Å². The number of amidine groups is 1. The Balaban J connectivity index is 1.62. The Bertz CT molecular complexity index is 821. The number of halogens is 1. The highest BCUT2D eigenvalue weighted by atomic mass is 35.5. The number of nitrogens with one attached hydrogen (secondary N) is 1. The van der Waals surface area contributed by atoms with E-state index in [1.807, 2.05) is 48.5 Å². The molecule has 0 bridgehead atoms. The summed E-state index contributed by atoms with van der Waals surface area (Å²) in [4.78, 5) is 12.1. The molecule has 1 aliphatic rings. The van der Waals surface area contributed by atoms with Gasteiger partial charge in [0, 0.05) is 5.02 Å². The highest BCUT2D eigenvalue weighted by molar-refractivity contribution is 8.15. The molecular formula is C18H16ClN3O2S. The van der Waals surface area contributed by atoms with Crippen LogP contribution in [-0.4, -0.2) is 29.6 Å². The summed E-state index contributed by atoms with van der Waals surface area (Å²) >= 11 is 7.52. The fourth-order valence-electron chi connectivity index (χ4n) is 2.29. The van der Waals surface area contributed by atoms with Crippen molar-refractivity contribution in [3.05, 3.63) is 64.7 Å². The zero-order valence-corrected chi connectivity index (χ0v) is 15.1. The fourth-order valence-corrected chi connectivity index (χ4v) is 3.45. The first-order chi connectivity index (χ1) is 12.2. The minimum atomic E-state index is -0.255. The standard InChI is InChI=1S/C18H16ClN3O2S/c1-24-14-8-6-12(7-9-14)11-20-22-18-21-17(23)16(25-18)10-13-4-2-3-5-15(13)19/h2-9,11,16H,10H2,1H3,(H,21,22,23)/b20-11+/t16-/m1/s1. The Morgan fingerprint density at radius 1 is 1.24 bits per heavy atom. The average Bonchev–Trinajstić information content (AvgIpc) is 2.97. The summed E-state index contributed by atoms with van der Waals surface area (Å²) in [5, 5.41) is 11.8. The molecule has 1 amide bonds. The lowest BCUT2D eigenvalue weighted by molar-refractivity contribution is -0.118. The molecule has 1 atom stereocenters. The van der Waals surface area contributed by atoms with Gasteiger partial charge in [0.1, 0.15) is 5.75 Å². The van der Waals surface area contributed by atoms with Crippen molar-refractivity contribution in [1.29, 1.82) is 0 Å². The molecule has 3 rings (SSSR count). The molecule has 1 fully saturated rings. The van der Waals surface area contributed by atoms with E-state index in [9.17, 15) is 4.79 Å². The summed E-state index contributed by atoms with van der Waals surface area (Å²) in [6, 6.07) is 15.0. The Morgan fingerprint density at radius 2 is 2.00 bits per heavy atom. The predicted octanol–water partition coefficient (Wildman–Crippen LogP) is 3.51. The van der Waals surface area contributed by atoms with Gasteiger partial charge in [-0.3, -0.25) is 4.79 Å². The van der Waals surface area contributed by atoms with Gasteiger partial charge in [-0.15, -0.1) is 5.10 Å². The predicted molar refractivity (Wildman–Crippen MR) is 103 cm³/mol. The normalized spacial score (nSPS) is 18.7. The number of amides is 1. The number of methoxy groups -OCH3 is 1. The van der Waals surface area contributed by atoms with Crippen LogP contribution < -0.4 is 10.1 Å². The van der Waals surface area contributed by atoms with E-state index in [-0.39, 0.29) is 11.2 Å². The highest BCUT2D eigenvalue weighted by Gasteiger charge is 2.30. The van der Waals surface area contributed by atoms with Crippen molar-refractivity contribution < 1.29 is 9.53 Å². The van der Waals surface area contributed by atoms with Gasteiger partial charge in [-0.25, -0.2) is 0 Å². The number of hydrogen-bond acceptors (Lipinski definition) is 5. The van der Waals surface area contributed by atoms with E-state index in [1.165, 1.54) is 11.8 Å². The van der Waals surface area contributed by atoms with Gasteiger partial charge >= 0.3 is 0 Å². The molecule has 2 aromatic rings. The summed E-state index contributed by atoms with van der Waals surface area (Å²) < 4.78 is 5.10. The van der Waals surface area contributed by atoms with Gasteiger partial charge < -0.3 is 10.1 Å². The first kappa shape index (κ1) is 17.5. The molecule has 25 heavy (non-hydrogen) atoms. The molecule has 1 N–H and O–H groups in total. The SMILES string of the molecule is COc1ccc(/C=N/N=C2/NC(=O)[C@@H](Cc3ccccc3Cl)S2)cc1. The van der Waals surface area contributed by atoms with Crippen LogP contribution in [-0.2, 0) is 11.2 Å². The molecule has 2 aromatic carbocycles. The average molecular weight is 374 g/mol. The molecule has 1 aliphatic heterocycles. The van der Waals surface area contributed by atoms with Crippen LogP contribution in [0.1, 0.15) is 11.1 Å². The van der Waals surface area contributed by atoms with Gasteiger partial charge in [0.2, 0.25) is 5.91 Å². The van der Waals surface area contributed by atoms with E-state index >= 15 is 0 Å². The second kappa shape index (κ2) is 8.18. The van der Waals surface area contributed by atoms with Gasteiger partial charge in [0.05, 0.1) is 18.6 Å². The molecule has 0 saturated carbocycles. The molecule has 0 radical (unpaired) electrons. The second-order valence-corrected chi connectivity index (χ2v) is 6.91. The number of ether oxygens (including phenoxy) is 1. The van der Waals surface area contributed by atoms with E-state index in [0.717, 1.165) is 16.9 Å². The summed E-state index contributed by atoms with van der Waals surface area (Å²) in [7, 11) is 1.62. The summed E-state index contributed by atoms with van der Waals surface area (Å²) in [5.74, 6) is 0.702. The molecule has 0 aromatic heterocycles. The molecule has 1 heterocycles. The number of benzene rings is 2.